The van der Waals surface area contributed by atoms with Crippen LogP contribution >= 0.6 is 11.6 Å². The number of likely N-dealkylation sites (N-methyl/N-ethyl adjacent to an activating group) is 1. The highest BCUT2D eigenvalue weighted by Crippen LogP contribution is 2.34. The standard InChI is InChI=1S/C14H13ClN2O3/c1-17-6-9(7-17)10-3-2-8(4-11(10)15)13-5-12(14(18)19)16-20-13/h2-5,9H,6-7H2,1H3,(H,18,19). The number of hydrogen-bond donors (Lipinski definition) is 1. The molecule has 5 nitrogen and oxygen atoms in total. The summed E-state index contributed by atoms with van der Waals surface area (Å²) < 4.78 is 5.03. The number of carboxylic acid groups (broad SMARTS) is 1. The van der Waals surface area contributed by atoms with Gasteiger partial charge in [-0.15, -0.1) is 0 Å². The van der Waals surface area contributed by atoms with Crippen molar-refractivity contribution in [1.82, 2.24) is 10.1 Å². The van der Waals surface area contributed by atoms with E-state index in [0.717, 1.165) is 24.2 Å². The second-order valence-corrected chi connectivity index (χ2v) is 5.44. The van der Waals surface area contributed by atoms with E-state index in [1.807, 2.05) is 12.1 Å². The lowest BCUT2D eigenvalue weighted by Gasteiger charge is -2.37. The lowest BCUT2D eigenvalue weighted by molar-refractivity contribution is 0.0686. The minimum atomic E-state index is -1.11. The molecule has 1 aliphatic heterocycles. The van der Waals surface area contributed by atoms with Crippen molar-refractivity contribution in [2.24, 2.45) is 0 Å². The van der Waals surface area contributed by atoms with Gasteiger partial charge < -0.3 is 14.5 Å². The van der Waals surface area contributed by atoms with Crippen LogP contribution in [0.1, 0.15) is 22.0 Å². The molecule has 20 heavy (non-hydrogen) atoms. The summed E-state index contributed by atoms with van der Waals surface area (Å²) in [5.41, 5.74) is 1.73. The number of carbonyl (C=O) groups is 1. The van der Waals surface area contributed by atoms with Crippen LogP contribution < -0.4 is 0 Å². The molecule has 104 valence electrons. The van der Waals surface area contributed by atoms with Gasteiger partial charge in [-0.3, -0.25) is 0 Å². The summed E-state index contributed by atoms with van der Waals surface area (Å²) in [5.74, 6) is -0.243. The van der Waals surface area contributed by atoms with E-state index in [-0.39, 0.29) is 5.69 Å². The van der Waals surface area contributed by atoms with E-state index in [2.05, 4.69) is 17.1 Å². The normalized spacial score (nSPS) is 16.1. The van der Waals surface area contributed by atoms with Crippen LogP contribution in [-0.4, -0.2) is 41.3 Å². The highest BCUT2D eigenvalue weighted by molar-refractivity contribution is 6.31. The topological polar surface area (TPSA) is 66.6 Å². The van der Waals surface area contributed by atoms with Crippen LogP contribution in [0.25, 0.3) is 11.3 Å². The summed E-state index contributed by atoms with van der Waals surface area (Å²) in [6, 6.07) is 7.04. The Morgan fingerprint density at radius 2 is 2.20 bits per heavy atom. The van der Waals surface area contributed by atoms with Gasteiger partial charge in [0.05, 0.1) is 0 Å². The third kappa shape index (κ3) is 2.30. The van der Waals surface area contributed by atoms with Gasteiger partial charge in [0.1, 0.15) is 0 Å². The Balaban J connectivity index is 1.87. The Morgan fingerprint density at radius 1 is 1.45 bits per heavy atom. The molecule has 0 radical (unpaired) electrons. The molecule has 1 fully saturated rings. The number of aromatic carboxylic acids is 1. The van der Waals surface area contributed by atoms with E-state index >= 15 is 0 Å². The van der Waals surface area contributed by atoms with Crippen LogP contribution in [0.2, 0.25) is 5.02 Å². The molecule has 0 spiro atoms. The monoisotopic (exact) mass is 292 g/mol. The molecule has 0 unspecified atom stereocenters. The second kappa shape index (κ2) is 4.92. The first kappa shape index (κ1) is 13.1. The first-order valence-electron chi connectivity index (χ1n) is 6.23. The lowest BCUT2D eigenvalue weighted by atomic mass is 9.91. The summed E-state index contributed by atoms with van der Waals surface area (Å²) in [6.07, 6.45) is 0. The number of carboxylic acids is 1. The number of benzene rings is 1. The molecule has 0 bridgehead atoms. The van der Waals surface area contributed by atoms with Crippen LogP contribution in [-0.2, 0) is 0 Å². The molecule has 2 aromatic rings. The van der Waals surface area contributed by atoms with Gasteiger partial charge in [-0.05, 0) is 18.7 Å². The molecule has 3 rings (SSSR count). The third-order valence-corrected chi connectivity index (χ3v) is 3.85. The maximum atomic E-state index is 10.8. The Morgan fingerprint density at radius 3 is 2.75 bits per heavy atom. The molecular weight excluding hydrogens is 280 g/mol. The van der Waals surface area contributed by atoms with E-state index in [0.29, 0.717) is 16.7 Å². The maximum absolute atomic E-state index is 10.8. The zero-order valence-electron chi connectivity index (χ0n) is 10.8. The molecule has 6 heteroatoms. The van der Waals surface area contributed by atoms with Crippen molar-refractivity contribution in [3.8, 4) is 11.3 Å². The fourth-order valence-corrected chi connectivity index (χ4v) is 2.75. The lowest BCUT2D eigenvalue weighted by Crippen LogP contribution is -2.41. The van der Waals surface area contributed by atoms with Gasteiger partial charge in [0.15, 0.2) is 11.5 Å². The minimum absolute atomic E-state index is 0.110. The molecule has 1 aliphatic rings. The molecule has 1 saturated heterocycles. The molecule has 0 saturated carbocycles. The largest absolute Gasteiger partial charge is 0.476 e. The molecule has 0 amide bonds. The number of rotatable bonds is 3. The average molecular weight is 293 g/mol. The number of aromatic nitrogens is 1. The summed E-state index contributed by atoms with van der Waals surface area (Å²) >= 11 is 6.31. The number of likely N-dealkylation sites (tertiary alicyclic amines) is 1. The Hall–Kier alpha value is -1.85. The quantitative estimate of drug-likeness (QED) is 0.942. The van der Waals surface area contributed by atoms with Crippen molar-refractivity contribution in [1.29, 1.82) is 0 Å². The number of hydrogen-bond acceptors (Lipinski definition) is 4. The van der Waals surface area contributed by atoms with Crippen LogP contribution in [0.5, 0.6) is 0 Å². The van der Waals surface area contributed by atoms with Gasteiger partial charge in [-0.25, -0.2) is 4.79 Å². The third-order valence-electron chi connectivity index (χ3n) is 3.52. The molecule has 2 heterocycles. The minimum Gasteiger partial charge on any atom is -0.476 e. The summed E-state index contributed by atoms with van der Waals surface area (Å²) in [7, 11) is 2.07. The number of halogens is 1. The van der Waals surface area contributed by atoms with Crippen LogP contribution in [0.3, 0.4) is 0 Å². The highest BCUT2D eigenvalue weighted by Gasteiger charge is 2.26. The van der Waals surface area contributed by atoms with Crippen LogP contribution in [0.15, 0.2) is 28.8 Å². The van der Waals surface area contributed by atoms with E-state index in [4.69, 9.17) is 21.2 Å². The molecule has 1 aromatic carbocycles. The summed E-state index contributed by atoms with van der Waals surface area (Å²) in [5, 5.41) is 13.0. The van der Waals surface area contributed by atoms with Gasteiger partial charge in [-0.2, -0.15) is 0 Å². The van der Waals surface area contributed by atoms with Crippen molar-refractivity contribution in [3.63, 3.8) is 0 Å². The van der Waals surface area contributed by atoms with E-state index in [1.165, 1.54) is 6.07 Å². The van der Waals surface area contributed by atoms with Crippen molar-refractivity contribution in [2.75, 3.05) is 20.1 Å². The zero-order chi connectivity index (χ0) is 14.3. The van der Waals surface area contributed by atoms with E-state index in [9.17, 15) is 4.79 Å². The van der Waals surface area contributed by atoms with Crippen molar-refractivity contribution < 1.29 is 14.4 Å². The Bertz CT molecular complexity index is 662. The molecule has 1 N–H and O–H groups in total. The van der Waals surface area contributed by atoms with E-state index in [1.54, 1.807) is 6.07 Å². The fraction of sp³-hybridized carbons (Fsp3) is 0.286. The van der Waals surface area contributed by atoms with Crippen LogP contribution in [0, 0.1) is 0 Å². The van der Waals surface area contributed by atoms with Crippen molar-refractivity contribution in [3.05, 3.63) is 40.5 Å². The first-order chi connectivity index (χ1) is 9.54. The van der Waals surface area contributed by atoms with Crippen LogP contribution in [0.4, 0.5) is 0 Å². The van der Waals surface area contributed by atoms with Crippen molar-refractivity contribution >= 4 is 17.6 Å². The fourth-order valence-electron chi connectivity index (χ4n) is 2.42. The predicted molar refractivity (Wildman–Crippen MR) is 74.1 cm³/mol. The van der Waals surface area contributed by atoms with Gasteiger partial charge >= 0.3 is 5.97 Å². The Labute approximate surface area is 120 Å². The summed E-state index contributed by atoms with van der Waals surface area (Å²) in [4.78, 5) is 13.0. The molecule has 0 aliphatic carbocycles. The Kier molecular flexibility index (Phi) is 3.23. The SMILES string of the molecule is CN1CC(c2ccc(-c3cc(C(=O)O)no3)cc2Cl)C1. The molecule has 1 aromatic heterocycles. The van der Waals surface area contributed by atoms with Gasteiger partial charge in [0.2, 0.25) is 0 Å². The first-order valence-corrected chi connectivity index (χ1v) is 6.61. The van der Waals surface area contributed by atoms with Gasteiger partial charge in [-0.1, -0.05) is 28.9 Å². The second-order valence-electron chi connectivity index (χ2n) is 5.04. The summed E-state index contributed by atoms with van der Waals surface area (Å²) in [6.45, 7) is 2.01. The predicted octanol–water partition coefficient (Wildman–Crippen LogP) is 2.72. The maximum Gasteiger partial charge on any atom is 0.358 e. The average Bonchev–Trinajstić information content (AvgIpc) is 2.85. The molecule has 0 atom stereocenters. The van der Waals surface area contributed by atoms with Gasteiger partial charge in [0, 0.05) is 35.7 Å². The van der Waals surface area contributed by atoms with E-state index < -0.39 is 5.97 Å². The van der Waals surface area contributed by atoms with Gasteiger partial charge in [0.25, 0.3) is 0 Å². The highest BCUT2D eigenvalue weighted by atomic mass is 35.5. The molecular formula is C14H13ClN2O3. The smallest absolute Gasteiger partial charge is 0.358 e. The number of nitrogens with zero attached hydrogens (tertiary/aromatic N) is 2. The van der Waals surface area contributed by atoms with Crippen molar-refractivity contribution in [2.45, 2.75) is 5.92 Å². The zero-order valence-corrected chi connectivity index (χ0v) is 11.6.